The lowest BCUT2D eigenvalue weighted by Gasteiger charge is -2.20. The molecule has 1 aromatic carbocycles. The fourth-order valence-corrected chi connectivity index (χ4v) is 5.62. The number of aliphatic hydroxyl groups is 1. The summed E-state index contributed by atoms with van der Waals surface area (Å²) < 4.78 is 13.8. The molecule has 2 aliphatic carbocycles. The molecular weight excluding hydrogens is 407 g/mol. The number of anilines is 1. The highest BCUT2D eigenvalue weighted by molar-refractivity contribution is 5.93. The van der Waals surface area contributed by atoms with E-state index in [0.717, 1.165) is 42.1 Å². The lowest BCUT2D eigenvalue weighted by molar-refractivity contribution is -0.126. The standard InChI is InChI=1S/C25H23FN4O2/c26-19-2-3-22-21(11-19)20(5-6-28-22)17-7-15-9-18(10-16(15)8-17)24(31)25(32)30-23-4-1-14(12-27)13-29-23/h1-6,11,13,15-18,24,31H,7-10H2,(H,29,30,32)/t15-,16?,17?,18?,24?/m0/s1. The number of pyridine rings is 2. The van der Waals surface area contributed by atoms with Gasteiger partial charge in [-0.3, -0.25) is 9.78 Å². The summed E-state index contributed by atoms with van der Waals surface area (Å²) >= 11 is 0. The van der Waals surface area contributed by atoms with Crippen LogP contribution in [0.5, 0.6) is 0 Å². The highest BCUT2D eigenvalue weighted by atomic mass is 19.1. The van der Waals surface area contributed by atoms with Gasteiger partial charge in [-0.2, -0.15) is 5.26 Å². The second kappa shape index (κ2) is 8.29. The number of aromatic nitrogens is 2. The molecule has 2 aliphatic rings. The maximum absolute atomic E-state index is 13.8. The highest BCUT2D eigenvalue weighted by Crippen LogP contribution is 2.53. The first kappa shape index (κ1) is 20.5. The van der Waals surface area contributed by atoms with Crippen LogP contribution in [0, 0.1) is 34.9 Å². The second-order valence-corrected chi connectivity index (χ2v) is 8.96. The molecule has 0 aliphatic heterocycles. The van der Waals surface area contributed by atoms with Crippen molar-refractivity contribution in [2.45, 2.75) is 37.7 Å². The number of carbonyl (C=O) groups is 1. The van der Waals surface area contributed by atoms with Gasteiger partial charge in [0.25, 0.3) is 5.91 Å². The molecule has 1 amide bonds. The molecule has 0 bridgehead atoms. The van der Waals surface area contributed by atoms with Crippen molar-refractivity contribution >= 4 is 22.6 Å². The average Bonchev–Trinajstić information content (AvgIpc) is 3.38. The Morgan fingerprint density at radius 2 is 1.91 bits per heavy atom. The van der Waals surface area contributed by atoms with Crippen molar-refractivity contribution in [1.29, 1.82) is 5.26 Å². The zero-order valence-electron chi connectivity index (χ0n) is 17.4. The zero-order chi connectivity index (χ0) is 22.2. The first-order valence-electron chi connectivity index (χ1n) is 10.9. The van der Waals surface area contributed by atoms with E-state index in [9.17, 15) is 14.3 Å². The molecule has 0 saturated heterocycles. The van der Waals surface area contributed by atoms with E-state index in [2.05, 4.69) is 15.3 Å². The van der Waals surface area contributed by atoms with Gasteiger partial charge >= 0.3 is 0 Å². The van der Waals surface area contributed by atoms with Crippen LogP contribution in [0.1, 0.15) is 42.7 Å². The molecule has 2 aromatic heterocycles. The molecule has 2 saturated carbocycles. The van der Waals surface area contributed by atoms with E-state index in [1.165, 1.54) is 12.3 Å². The number of aliphatic hydroxyl groups excluding tert-OH is 1. The number of nitriles is 1. The van der Waals surface area contributed by atoms with Gasteiger partial charge in [0.05, 0.1) is 11.1 Å². The van der Waals surface area contributed by atoms with Crippen molar-refractivity contribution in [2.24, 2.45) is 17.8 Å². The lowest BCUT2D eigenvalue weighted by atomic mass is 9.89. The monoisotopic (exact) mass is 430 g/mol. The van der Waals surface area contributed by atoms with Crippen LogP contribution in [-0.4, -0.2) is 27.1 Å². The van der Waals surface area contributed by atoms with Crippen molar-refractivity contribution in [3.8, 4) is 6.07 Å². The number of amides is 1. The Bertz CT molecular complexity index is 1190. The number of hydrogen-bond acceptors (Lipinski definition) is 5. The van der Waals surface area contributed by atoms with Crippen LogP contribution >= 0.6 is 0 Å². The number of carbonyl (C=O) groups excluding carboxylic acids is 1. The third kappa shape index (κ3) is 3.82. The zero-order valence-corrected chi connectivity index (χ0v) is 17.4. The molecule has 2 heterocycles. The number of rotatable bonds is 4. The van der Waals surface area contributed by atoms with Crippen LogP contribution in [0.15, 0.2) is 48.8 Å². The summed E-state index contributed by atoms with van der Waals surface area (Å²) in [6.45, 7) is 0. The Labute approximate surface area is 185 Å². The Kier molecular flexibility index (Phi) is 5.32. The molecule has 0 spiro atoms. The van der Waals surface area contributed by atoms with E-state index >= 15 is 0 Å². The molecule has 2 N–H and O–H groups in total. The van der Waals surface area contributed by atoms with E-state index < -0.39 is 12.0 Å². The lowest BCUT2D eigenvalue weighted by Crippen LogP contribution is -2.34. The van der Waals surface area contributed by atoms with E-state index in [4.69, 9.17) is 5.26 Å². The highest BCUT2D eigenvalue weighted by Gasteiger charge is 2.45. The minimum Gasteiger partial charge on any atom is -0.383 e. The number of benzene rings is 1. The SMILES string of the molecule is N#Cc1ccc(NC(=O)C(O)C2CC3CC(c4ccnc5ccc(F)cc45)C[C@H]3C2)nc1. The van der Waals surface area contributed by atoms with E-state index in [1.807, 2.05) is 12.1 Å². The summed E-state index contributed by atoms with van der Waals surface area (Å²) in [5.41, 5.74) is 2.36. The Morgan fingerprint density at radius 3 is 2.59 bits per heavy atom. The summed E-state index contributed by atoms with van der Waals surface area (Å²) in [5, 5.41) is 23.0. The van der Waals surface area contributed by atoms with E-state index in [0.29, 0.717) is 29.1 Å². The van der Waals surface area contributed by atoms with E-state index in [-0.39, 0.29) is 11.7 Å². The maximum Gasteiger partial charge on any atom is 0.254 e. The molecule has 3 aromatic rings. The summed E-state index contributed by atoms with van der Waals surface area (Å²) in [4.78, 5) is 20.9. The normalized spacial score (nSPS) is 25.3. The topological polar surface area (TPSA) is 98.9 Å². The van der Waals surface area contributed by atoms with Crippen LogP contribution in [0.25, 0.3) is 10.9 Å². The molecule has 5 atom stereocenters. The molecule has 5 rings (SSSR count). The Morgan fingerprint density at radius 1 is 1.12 bits per heavy atom. The molecule has 0 radical (unpaired) electrons. The summed E-state index contributed by atoms with van der Waals surface area (Å²) in [7, 11) is 0. The van der Waals surface area contributed by atoms with Crippen molar-refractivity contribution in [3.63, 3.8) is 0 Å². The Hall–Kier alpha value is -3.37. The first-order chi connectivity index (χ1) is 15.5. The van der Waals surface area contributed by atoms with Gasteiger partial charge in [-0.15, -0.1) is 0 Å². The second-order valence-electron chi connectivity index (χ2n) is 8.96. The van der Waals surface area contributed by atoms with Crippen molar-refractivity contribution in [3.05, 3.63) is 65.7 Å². The van der Waals surface area contributed by atoms with Gasteiger partial charge in [0, 0.05) is 17.8 Å². The van der Waals surface area contributed by atoms with Crippen LogP contribution in [0.3, 0.4) is 0 Å². The predicted octanol–water partition coefficient (Wildman–Crippen LogP) is 4.16. The van der Waals surface area contributed by atoms with Crippen molar-refractivity contribution < 1.29 is 14.3 Å². The summed E-state index contributed by atoms with van der Waals surface area (Å²) in [6, 6.07) is 11.8. The minimum absolute atomic E-state index is 0.0871. The molecule has 7 heteroatoms. The molecule has 162 valence electrons. The number of nitrogens with zero attached hydrogens (tertiary/aromatic N) is 3. The van der Waals surface area contributed by atoms with Crippen LogP contribution in [0.2, 0.25) is 0 Å². The number of nitrogens with one attached hydrogen (secondary N) is 1. The molecule has 32 heavy (non-hydrogen) atoms. The molecule has 4 unspecified atom stereocenters. The maximum atomic E-state index is 13.8. The third-order valence-corrected chi connectivity index (χ3v) is 7.09. The third-order valence-electron chi connectivity index (χ3n) is 7.09. The van der Waals surface area contributed by atoms with Gasteiger partial charge in [0.1, 0.15) is 23.8 Å². The molecule has 2 fully saturated rings. The van der Waals surface area contributed by atoms with Crippen molar-refractivity contribution in [2.75, 3.05) is 5.32 Å². The van der Waals surface area contributed by atoms with Gasteiger partial charge in [-0.1, -0.05) is 0 Å². The van der Waals surface area contributed by atoms with E-state index in [1.54, 1.807) is 30.5 Å². The van der Waals surface area contributed by atoms with Crippen LogP contribution in [-0.2, 0) is 4.79 Å². The first-order valence-corrected chi connectivity index (χ1v) is 10.9. The summed E-state index contributed by atoms with van der Waals surface area (Å²) in [5.74, 6) is 0.746. The predicted molar refractivity (Wildman–Crippen MR) is 117 cm³/mol. The average molecular weight is 430 g/mol. The van der Waals surface area contributed by atoms with Gasteiger partial charge in [-0.25, -0.2) is 9.37 Å². The van der Waals surface area contributed by atoms with Gasteiger partial charge in [0.15, 0.2) is 0 Å². The van der Waals surface area contributed by atoms with Gasteiger partial charge < -0.3 is 10.4 Å². The van der Waals surface area contributed by atoms with Crippen LogP contribution in [0.4, 0.5) is 10.2 Å². The summed E-state index contributed by atoms with van der Waals surface area (Å²) in [6.07, 6.45) is 5.63. The number of fused-ring (bicyclic) bond motifs is 2. The van der Waals surface area contributed by atoms with Gasteiger partial charge in [0.2, 0.25) is 0 Å². The van der Waals surface area contributed by atoms with Crippen LogP contribution < -0.4 is 5.32 Å². The quantitative estimate of drug-likeness (QED) is 0.648. The molecular formula is C25H23FN4O2. The largest absolute Gasteiger partial charge is 0.383 e. The minimum atomic E-state index is -1.09. The van der Waals surface area contributed by atoms with Crippen molar-refractivity contribution in [1.82, 2.24) is 9.97 Å². The fourth-order valence-electron chi connectivity index (χ4n) is 5.62. The number of halogens is 1. The van der Waals surface area contributed by atoms with Gasteiger partial charge in [-0.05, 0) is 91.3 Å². The molecule has 6 nitrogen and oxygen atoms in total. The smallest absolute Gasteiger partial charge is 0.254 e. The fraction of sp³-hybridized carbons (Fsp3) is 0.360. The Balaban J connectivity index is 1.23. The number of hydrogen-bond donors (Lipinski definition) is 2.